The lowest BCUT2D eigenvalue weighted by atomic mass is 10.0. The Bertz CT molecular complexity index is 1860. The number of H-pyrrole nitrogens is 2. The van der Waals surface area contributed by atoms with Crippen molar-refractivity contribution in [2.45, 2.75) is 78.4 Å². The van der Waals surface area contributed by atoms with Crippen molar-refractivity contribution in [1.82, 2.24) is 29.7 Å². The largest absolute Gasteiger partial charge is 0.341 e. The summed E-state index contributed by atoms with van der Waals surface area (Å²) in [7, 11) is 0. The Balaban J connectivity index is 1.06. The molecule has 6 rings (SSSR count). The Hall–Kier alpha value is -5.02. The van der Waals surface area contributed by atoms with Gasteiger partial charge >= 0.3 is 0 Å². The van der Waals surface area contributed by atoms with Crippen LogP contribution in [0.3, 0.4) is 0 Å². The van der Waals surface area contributed by atoms with Crippen LogP contribution in [0.1, 0.15) is 81.7 Å². The van der Waals surface area contributed by atoms with Crippen LogP contribution in [0.2, 0.25) is 0 Å². The average molecular weight is 672 g/mol. The number of aromatic nitrogens is 4. The van der Waals surface area contributed by atoms with E-state index in [-0.39, 0.29) is 17.9 Å². The summed E-state index contributed by atoms with van der Waals surface area (Å²) < 4.78 is 0. The third-order valence-corrected chi connectivity index (χ3v) is 9.49. The minimum absolute atomic E-state index is 0.0257. The van der Waals surface area contributed by atoms with Crippen LogP contribution in [0.5, 0.6) is 0 Å². The molecule has 0 spiro atoms. The fourth-order valence-corrected chi connectivity index (χ4v) is 6.73. The van der Waals surface area contributed by atoms with E-state index in [2.05, 4.69) is 96.4 Å². The molecule has 4 N–H and O–H groups in total. The van der Waals surface area contributed by atoms with Gasteiger partial charge < -0.3 is 25.5 Å². The zero-order valence-corrected chi connectivity index (χ0v) is 29.5. The maximum Gasteiger partial charge on any atom is 0.223 e. The molecule has 0 unspecified atom stereocenters. The lowest BCUT2D eigenvalue weighted by Gasteiger charge is -2.23. The number of carbonyl (C=O) groups excluding carboxylic acids is 2. The maximum atomic E-state index is 13.2. The SMILES string of the molecule is CCCN(Cc1ncc(-c2ccc(-c3ccc(-c4cnc([C@@H]5CCCN5C(=O)CCc5ccc(CN)cc5)[nH]4)cc3)cc2)[nH]1)C(=O)CC(C)C. The third kappa shape index (κ3) is 8.40. The highest BCUT2D eigenvalue weighted by Crippen LogP contribution is 2.33. The van der Waals surface area contributed by atoms with Crippen molar-refractivity contribution in [2.24, 2.45) is 11.7 Å². The molecule has 9 nitrogen and oxygen atoms in total. The Morgan fingerprint density at radius 2 is 1.46 bits per heavy atom. The van der Waals surface area contributed by atoms with Crippen LogP contribution < -0.4 is 5.73 Å². The molecule has 0 bridgehead atoms. The van der Waals surface area contributed by atoms with E-state index >= 15 is 0 Å². The molecule has 1 aliphatic rings. The lowest BCUT2D eigenvalue weighted by Crippen LogP contribution is -2.32. The number of nitrogens with zero attached hydrogens (tertiary/aromatic N) is 4. The molecule has 5 aromatic rings. The monoisotopic (exact) mass is 671 g/mol. The van der Waals surface area contributed by atoms with E-state index in [0.29, 0.717) is 31.8 Å². The molecular formula is C41H49N7O2. The standard InChI is InChI=1S/C41H49N7O2/c1-4-21-47(40(50)23-28(2)3)27-38-43-25-35(45-38)33-16-12-31(13-17-33)32-14-18-34(19-15-32)36-26-44-41(46-36)37-6-5-22-48(37)39(49)20-11-29-7-9-30(24-42)10-8-29/h7-10,12-19,25-26,28,37H,4-6,11,20-24,27,42H2,1-3H3,(H,43,45)(H,44,46)/t37-/m0/s1. The van der Waals surface area contributed by atoms with Gasteiger partial charge in [-0.05, 0) is 65.0 Å². The van der Waals surface area contributed by atoms with Crippen LogP contribution in [-0.4, -0.2) is 54.6 Å². The number of carbonyl (C=O) groups is 2. The summed E-state index contributed by atoms with van der Waals surface area (Å²) in [5.74, 6) is 2.32. The Morgan fingerprint density at radius 3 is 2.08 bits per heavy atom. The summed E-state index contributed by atoms with van der Waals surface area (Å²) in [6, 6.07) is 25.1. The second-order valence-electron chi connectivity index (χ2n) is 13.8. The van der Waals surface area contributed by atoms with Crippen molar-refractivity contribution in [3.63, 3.8) is 0 Å². The minimum Gasteiger partial charge on any atom is -0.341 e. The molecule has 2 aromatic heterocycles. The zero-order chi connectivity index (χ0) is 35.0. The Labute approximate surface area is 295 Å². The number of nitrogens with one attached hydrogen (secondary N) is 2. The first-order valence-electron chi connectivity index (χ1n) is 18.0. The second-order valence-corrected chi connectivity index (χ2v) is 13.8. The third-order valence-electron chi connectivity index (χ3n) is 9.49. The quantitative estimate of drug-likeness (QED) is 0.112. The van der Waals surface area contributed by atoms with Crippen molar-refractivity contribution >= 4 is 11.8 Å². The first-order chi connectivity index (χ1) is 24.3. The van der Waals surface area contributed by atoms with E-state index in [0.717, 1.165) is 95.2 Å². The molecule has 1 aliphatic heterocycles. The fraction of sp³-hybridized carbons (Fsp3) is 0.366. The number of benzene rings is 3. The minimum atomic E-state index is -0.0257. The maximum absolute atomic E-state index is 13.2. The Morgan fingerprint density at radius 1 is 0.860 bits per heavy atom. The number of hydrogen-bond acceptors (Lipinski definition) is 5. The van der Waals surface area contributed by atoms with Gasteiger partial charge in [0.05, 0.1) is 36.4 Å². The number of aryl methyl sites for hydroxylation is 1. The number of amides is 2. The van der Waals surface area contributed by atoms with Crippen molar-refractivity contribution in [3.05, 3.63) is 108 Å². The summed E-state index contributed by atoms with van der Waals surface area (Å²) in [4.78, 5) is 46.1. The molecule has 0 radical (unpaired) electrons. The van der Waals surface area contributed by atoms with Gasteiger partial charge in [-0.2, -0.15) is 0 Å². The van der Waals surface area contributed by atoms with Crippen LogP contribution in [0, 0.1) is 5.92 Å². The van der Waals surface area contributed by atoms with Gasteiger partial charge in [-0.3, -0.25) is 9.59 Å². The number of nitrogens with two attached hydrogens (primary N) is 1. The second kappa shape index (κ2) is 16.1. The zero-order valence-electron chi connectivity index (χ0n) is 29.5. The molecule has 3 aromatic carbocycles. The van der Waals surface area contributed by atoms with Crippen LogP contribution in [0.15, 0.2) is 85.2 Å². The first-order valence-corrected chi connectivity index (χ1v) is 18.0. The molecule has 50 heavy (non-hydrogen) atoms. The van der Waals surface area contributed by atoms with Gasteiger partial charge in [0.25, 0.3) is 0 Å². The van der Waals surface area contributed by atoms with E-state index in [1.165, 1.54) is 0 Å². The average Bonchev–Trinajstić information content (AvgIpc) is 3.92. The number of imidazole rings is 2. The van der Waals surface area contributed by atoms with Crippen LogP contribution in [-0.2, 0) is 29.1 Å². The van der Waals surface area contributed by atoms with Gasteiger partial charge in [-0.1, -0.05) is 93.6 Å². The van der Waals surface area contributed by atoms with Gasteiger partial charge in [-0.15, -0.1) is 0 Å². The van der Waals surface area contributed by atoms with E-state index in [1.807, 2.05) is 34.3 Å². The van der Waals surface area contributed by atoms with Crippen molar-refractivity contribution in [1.29, 1.82) is 0 Å². The van der Waals surface area contributed by atoms with E-state index in [4.69, 9.17) is 10.7 Å². The van der Waals surface area contributed by atoms with Crippen molar-refractivity contribution < 1.29 is 9.59 Å². The Kier molecular flexibility index (Phi) is 11.2. The molecule has 9 heteroatoms. The van der Waals surface area contributed by atoms with Gasteiger partial charge in [0.15, 0.2) is 0 Å². The van der Waals surface area contributed by atoms with Gasteiger partial charge in [-0.25, -0.2) is 9.97 Å². The normalized spacial score (nSPS) is 14.4. The van der Waals surface area contributed by atoms with E-state index < -0.39 is 0 Å². The summed E-state index contributed by atoms with van der Waals surface area (Å²) in [6.45, 7) is 8.74. The molecule has 1 fully saturated rings. The van der Waals surface area contributed by atoms with Gasteiger partial charge in [0.1, 0.15) is 11.6 Å². The summed E-state index contributed by atoms with van der Waals surface area (Å²) in [6.07, 6.45) is 8.27. The molecule has 1 atom stereocenters. The summed E-state index contributed by atoms with van der Waals surface area (Å²) in [5.41, 5.74) is 14.2. The number of aromatic amines is 2. The predicted molar refractivity (Wildman–Crippen MR) is 199 cm³/mol. The molecule has 0 saturated carbocycles. The first kappa shape index (κ1) is 34.8. The van der Waals surface area contributed by atoms with Crippen LogP contribution >= 0.6 is 0 Å². The smallest absolute Gasteiger partial charge is 0.223 e. The van der Waals surface area contributed by atoms with Gasteiger partial charge in [0.2, 0.25) is 11.8 Å². The van der Waals surface area contributed by atoms with E-state index in [9.17, 15) is 9.59 Å². The van der Waals surface area contributed by atoms with Crippen LogP contribution in [0.4, 0.5) is 0 Å². The number of hydrogen-bond donors (Lipinski definition) is 3. The molecule has 3 heterocycles. The molecular weight excluding hydrogens is 622 g/mol. The summed E-state index contributed by atoms with van der Waals surface area (Å²) in [5, 5.41) is 0. The van der Waals surface area contributed by atoms with Crippen molar-refractivity contribution in [2.75, 3.05) is 13.1 Å². The highest BCUT2D eigenvalue weighted by atomic mass is 16.2. The number of rotatable bonds is 14. The fourth-order valence-electron chi connectivity index (χ4n) is 6.73. The molecule has 0 aliphatic carbocycles. The molecule has 1 saturated heterocycles. The van der Waals surface area contributed by atoms with E-state index in [1.54, 1.807) is 0 Å². The predicted octanol–water partition coefficient (Wildman–Crippen LogP) is 7.67. The highest BCUT2D eigenvalue weighted by molar-refractivity contribution is 5.77. The number of likely N-dealkylation sites (tertiary alicyclic amines) is 1. The van der Waals surface area contributed by atoms with Crippen LogP contribution in [0.25, 0.3) is 33.6 Å². The topological polar surface area (TPSA) is 124 Å². The van der Waals surface area contributed by atoms with Gasteiger partial charge in [0, 0.05) is 32.5 Å². The summed E-state index contributed by atoms with van der Waals surface area (Å²) >= 11 is 0. The molecule has 2 amide bonds. The van der Waals surface area contributed by atoms with Crippen molar-refractivity contribution in [3.8, 4) is 33.6 Å². The lowest BCUT2D eigenvalue weighted by molar-refractivity contribution is -0.133. The highest BCUT2D eigenvalue weighted by Gasteiger charge is 2.31. The molecule has 260 valence electrons.